The molecule has 1 aromatic rings. The summed E-state index contributed by atoms with van der Waals surface area (Å²) in [7, 11) is 1.44. The maximum absolute atomic E-state index is 12.6. The number of hydrogen-bond acceptors (Lipinski definition) is 5. The van der Waals surface area contributed by atoms with Crippen LogP contribution in [0.3, 0.4) is 0 Å². The summed E-state index contributed by atoms with van der Waals surface area (Å²) in [5.74, 6) is 0.0830. The molecule has 0 spiro atoms. The summed E-state index contributed by atoms with van der Waals surface area (Å²) in [6.07, 6.45) is 0.826. The van der Waals surface area contributed by atoms with E-state index in [4.69, 9.17) is 10.5 Å². The smallest absolute Gasteiger partial charge is 0.270 e. The molecule has 0 aliphatic carbocycles. The fourth-order valence-corrected chi connectivity index (χ4v) is 2.51. The number of amides is 1. The zero-order chi connectivity index (χ0) is 15.6. The lowest BCUT2D eigenvalue weighted by Crippen LogP contribution is -2.34. The second kappa shape index (κ2) is 6.93. The molecule has 0 bridgehead atoms. The largest absolute Gasteiger partial charge is 0.496 e. The number of methoxy groups -OCH3 is 1. The highest BCUT2D eigenvalue weighted by Crippen LogP contribution is 2.32. The Hall–Kier alpha value is -1.86. The van der Waals surface area contributed by atoms with Gasteiger partial charge in [-0.05, 0) is 24.4 Å². The molecule has 1 aliphatic heterocycles. The molecule has 1 saturated heterocycles. The first-order valence-corrected chi connectivity index (χ1v) is 6.72. The third-order valence-electron chi connectivity index (χ3n) is 3.96. The van der Waals surface area contributed by atoms with Crippen molar-refractivity contribution in [2.45, 2.75) is 13.3 Å². The number of halogens is 1. The van der Waals surface area contributed by atoms with Gasteiger partial charge in [-0.25, -0.2) is 0 Å². The first kappa shape index (κ1) is 18.2. The van der Waals surface area contributed by atoms with E-state index in [1.165, 1.54) is 25.3 Å². The van der Waals surface area contributed by atoms with Crippen molar-refractivity contribution in [3.05, 3.63) is 33.9 Å². The molecule has 0 radical (unpaired) electrons. The predicted octanol–water partition coefficient (Wildman–Crippen LogP) is 1.84. The Morgan fingerprint density at radius 3 is 2.73 bits per heavy atom. The first-order chi connectivity index (χ1) is 9.90. The minimum Gasteiger partial charge on any atom is -0.496 e. The van der Waals surface area contributed by atoms with Crippen LogP contribution in [0.25, 0.3) is 0 Å². The summed E-state index contributed by atoms with van der Waals surface area (Å²) in [6, 6.07) is 4.03. The standard InChI is InChI=1S/C14H19N3O4.ClH/c1-14(8-15)5-6-16(9-14)13(18)11-7-10(17(19)20)3-4-12(11)21-2;/h3-4,7H,5-6,8-9,15H2,1-2H3;1H. The van der Waals surface area contributed by atoms with Crippen molar-refractivity contribution in [1.29, 1.82) is 0 Å². The molecule has 1 aliphatic rings. The summed E-state index contributed by atoms with van der Waals surface area (Å²) in [6.45, 7) is 3.68. The molecule has 0 saturated carbocycles. The fraction of sp³-hybridized carbons (Fsp3) is 0.500. The maximum atomic E-state index is 12.6. The summed E-state index contributed by atoms with van der Waals surface area (Å²) in [5.41, 5.74) is 5.73. The molecule has 1 atom stereocenters. The van der Waals surface area contributed by atoms with Gasteiger partial charge < -0.3 is 15.4 Å². The van der Waals surface area contributed by atoms with Crippen molar-refractivity contribution in [3.63, 3.8) is 0 Å². The Balaban J connectivity index is 0.00000242. The minimum absolute atomic E-state index is 0. The summed E-state index contributed by atoms with van der Waals surface area (Å²) < 4.78 is 5.14. The van der Waals surface area contributed by atoms with Crippen molar-refractivity contribution >= 4 is 24.0 Å². The Morgan fingerprint density at radius 2 is 2.23 bits per heavy atom. The van der Waals surface area contributed by atoms with E-state index in [0.29, 0.717) is 25.4 Å². The summed E-state index contributed by atoms with van der Waals surface area (Å²) >= 11 is 0. The van der Waals surface area contributed by atoms with Crippen LogP contribution < -0.4 is 10.5 Å². The van der Waals surface area contributed by atoms with Gasteiger partial charge in [0.25, 0.3) is 11.6 Å². The van der Waals surface area contributed by atoms with Crippen molar-refractivity contribution < 1.29 is 14.5 Å². The Labute approximate surface area is 135 Å². The summed E-state index contributed by atoms with van der Waals surface area (Å²) in [4.78, 5) is 24.6. The van der Waals surface area contributed by atoms with E-state index < -0.39 is 4.92 Å². The van der Waals surface area contributed by atoms with Crippen LogP contribution in [0, 0.1) is 15.5 Å². The summed E-state index contributed by atoms with van der Waals surface area (Å²) in [5, 5.41) is 10.9. The second-order valence-electron chi connectivity index (χ2n) is 5.63. The van der Waals surface area contributed by atoms with E-state index in [0.717, 1.165) is 6.42 Å². The van der Waals surface area contributed by atoms with Crippen LogP contribution in [-0.2, 0) is 0 Å². The van der Waals surface area contributed by atoms with Crippen molar-refractivity contribution in [3.8, 4) is 5.75 Å². The highest BCUT2D eigenvalue weighted by molar-refractivity contribution is 5.97. The monoisotopic (exact) mass is 329 g/mol. The molecule has 1 amide bonds. The lowest BCUT2D eigenvalue weighted by molar-refractivity contribution is -0.384. The molecule has 2 rings (SSSR count). The van der Waals surface area contributed by atoms with Crippen molar-refractivity contribution in [2.24, 2.45) is 11.1 Å². The molecule has 1 unspecified atom stereocenters. The third kappa shape index (κ3) is 3.48. The number of non-ortho nitro benzene ring substituents is 1. The Bertz CT molecular complexity index is 581. The number of nitro benzene ring substituents is 1. The number of ether oxygens (including phenoxy) is 1. The first-order valence-electron chi connectivity index (χ1n) is 6.72. The lowest BCUT2D eigenvalue weighted by Gasteiger charge is -2.23. The number of nitro groups is 1. The van der Waals surface area contributed by atoms with Gasteiger partial charge in [0.2, 0.25) is 0 Å². The van der Waals surface area contributed by atoms with Crippen LogP contribution >= 0.6 is 12.4 Å². The number of nitrogens with two attached hydrogens (primary N) is 1. The van der Waals surface area contributed by atoms with Gasteiger partial charge in [0.15, 0.2) is 0 Å². The van der Waals surface area contributed by atoms with E-state index in [1.807, 2.05) is 6.92 Å². The van der Waals surface area contributed by atoms with Gasteiger partial charge in [0, 0.05) is 25.2 Å². The third-order valence-corrected chi connectivity index (χ3v) is 3.96. The zero-order valence-corrected chi connectivity index (χ0v) is 13.4. The number of likely N-dealkylation sites (tertiary alicyclic amines) is 1. The Morgan fingerprint density at radius 1 is 1.55 bits per heavy atom. The number of benzene rings is 1. The van der Waals surface area contributed by atoms with Crippen molar-refractivity contribution in [2.75, 3.05) is 26.7 Å². The van der Waals surface area contributed by atoms with Crippen LogP contribution in [0.2, 0.25) is 0 Å². The van der Waals surface area contributed by atoms with E-state index in [1.54, 1.807) is 4.90 Å². The topological polar surface area (TPSA) is 98.7 Å². The predicted molar refractivity (Wildman–Crippen MR) is 84.6 cm³/mol. The molecule has 7 nitrogen and oxygen atoms in total. The van der Waals surface area contributed by atoms with E-state index in [2.05, 4.69) is 0 Å². The average Bonchev–Trinajstić information content (AvgIpc) is 2.89. The van der Waals surface area contributed by atoms with Crippen molar-refractivity contribution in [1.82, 2.24) is 4.90 Å². The second-order valence-corrected chi connectivity index (χ2v) is 5.63. The molecule has 22 heavy (non-hydrogen) atoms. The molecule has 1 fully saturated rings. The van der Waals surface area contributed by atoms with Crippen LogP contribution in [0.5, 0.6) is 5.75 Å². The quantitative estimate of drug-likeness (QED) is 0.671. The molecule has 122 valence electrons. The fourth-order valence-electron chi connectivity index (χ4n) is 2.51. The lowest BCUT2D eigenvalue weighted by atomic mass is 9.90. The molecule has 1 aromatic carbocycles. The highest BCUT2D eigenvalue weighted by Gasteiger charge is 2.36. The van der Waals surface area contributed by atoms with Crippen LogP contribution in [-0.4, -0.2) is 42.5 Å². The van der Waals surface area contributed by atoms with E-state index >= 15 is 0 Å². The molecule has 1 heterocycles. The maximum Gasteiger partial charge on any atom is 0.270 e. The van der Waals surface area contributed by atoms with Gasteiger partial charge in [-0.1, -0.05) is 6.92 Å². The van der Waals surface area contributed by atoms with Gasteiger partial charge in [-0.2, -0.15) is 0 Å². The number of carbonyl (C=O) groups is 1. The molecule has 2 N–H and O–H groups in total. The van der Waals surface area contributed by atoms with Gasteiger partial charge in [0.05, 0.1) is 17.6 Å². The zero-order valence-electron chi connectivity index (χ0n) is 12.6. The van der Waals surface area contributed by atoms with Crippen LogP contribution in [0.15, 0.2) is 18.2 Å². The molecular formula is C14H20ClN3O4. The van der Waals surface area contributed by atoms with Crippen LogP contribution in [0.1, 0.15) is 23.7 Å². The SMILES string of the molecule is COc1ccc([N+](=O)[O-])cc1C(=O)N1CCC(C)(CN)C1.Cl. The number of rotatable bonds is 4. The van der Waals surface area contributed by atoms with Gasteiger partial charge >= 0.3 is 0 Å². The Kier molecular flexibility index (Phi) is 5.73. The average molecular weight is 330 g/mol. The number of hydrogen-bond donors (Lipinski definition) is 1. The molecule has 0 aromatic heterocycles. The van der Waals surface area contributed by atoms with Crippen LogP contribution in [0.4, 0.5) is 5.69 Å². The van der Waals surface area contributed by atoms with E-state index in [-0.39, 0.29) is 35.0 Å². The molecular weight excluding hydrogens is 310 g/mol. The highest BCUT2D eigenvalue weighted by atomic mass is 35.5. The van der Waals surface area contributed by atoms with E-state index in [9.17, 15) is 14.9 Å². The van der Waals surface area contributed by atoms with Gasteiger partial charge in [0.1, 0.15) is 5.75 Å². The number of carbonyl (C=O) groups excluding carboxylic acids is 1. The van der Waals surface area contributed by atoms with Gasteiger partial charge in [-0.15, -0.1) is 12.4 Å². The molecule has 8 heteroatoms. The minimum atomic E-state index is -0.524. The van der Waals surface area contributed by atoms with Gasteiger partial charge in [-0.3, -0.25) is 14.9 Å². The normalized spacial score (nSPS) is 20.4. The number of nitrogens with zero attached hydrogens (tertiary/aromatic N) is 2.